The van der Waals surface area contributed by atoms with E-state index < -0.39 is 0 Å². The Morgan fingerprint density at radius 2 is 2.05 bits per heavy atom. The molecule has 1 unspecified atom stereocenters. The number of nitrogens with two attached hydrogens (primary N) is 1. The molecule has 1 atom stereocenters. The van der Waals surface area contributed by atoms with Gasteiger partial charge in [0.15, 0.2) is 0 Å². The smallest absolute Gasteiger partial charge is 0.236 e. The van der Waals surface area contributed by atoms with Crippen LogP contribution in [0, 0.1) is 0 Å². The van der Waals surface area contributed by atoms with Gasteiger partial charge in [-0.15, -0.1) is 0 Å². The Hall–Kier alpha value is -1.46. The summed E-state index contributed by atoms with van der Waals surface area (Å²) in [4.78, 5) is 20.1. The van der Waals surface area contributed by atoms with E-state index in [9.17, 15) is 4.79 Å². The van der Waals surface area contributed by atoms with Gasteiger partial charge in [-0.3, -0.25) is 14.7 Å². The predicted molar refractivity (Wildman–Crippen MR) is 74.5 cm³/mol. The number of hydrogen-bond acceptors (Lipinski definition) is 4. The summed E-state index contributed by atoms with van der Waals surface area (Å²) in [5.74, 6) is 0.201. The highest BCUT2D eigenvalue weighted by Crippen LogP contribution is 2.17. The summed E-state index contributed by atoms with van der Waals surface area (Å²) in [7, 11) is 1.95. The summed E-state index contributed by atoms with van der Waals surface area (Å²) >= 11 is 0. The van der Waals surface area contributed by atoms with Crippen molar-refractivity contribution in [1.29, 1.82) is 0 Å². The van der Waals surface area contributed by atoms with E-state index in [1.165, 1.54) is 0 Å². The number of pyridine rings is 1. The minimum Gasteiger partial charge on any atom is -0.342 e. The van der Waals surface area contributed by atoms with Crippen molar-refractivity contribution in [2.45, 2.75) is 18.9 Å². The van der Waals surface area contributed by atoms with Crippen LogP contribution >= 0.6 is 0 Å². The molecule has 0 bridgehead atoms. The molecule has 2 rings (SSSR count). The molecule has 1 aliphatic heterocycles. The van der Waals surface area contributed by atoms with Gasteiger partial charge in [0, 0.05) is 38.1 Å². The molecule has 1 aliphatic rings. The highest BCUT2D eigenvalue weighted by atomic mass is 16.2. The second kappa shape index (κ2) is 6.63. The number of rotatable bonds is 5. The molecule has 2 N–H and O–H groups in total. The second-order valence-corrected chi connectivity index (χ2v) is 5.04. The van der Waals surface area contributed by atoms with Crippen LogP contribution in [-0.2, 0) is 4.79 Å². The van der Waals surface area contributed by atoms with E-state index in [1.807, 2.05) is 29.0 Å². The third kappa shape index (κ3) is 3.52. The summed E-state index contributed by atoms with van der Waals surface area (Å²) in [6, 6.07) is 3.97. The van der Waals surface area contributed by atoms with Crippen molar-refractivity contribution in [2.24, 2.45) is 5.73 Å². The lowest BCUT2D eigenvalue weighted by Crippen LogP contribution is -2.40. The SMILES string of the molecule is CN(CC(=O)N1CCCC1)C(CN)c1ccncc1. The van der Waals surface area contributed by atoms with E-state index in [1.54, 1.807) is 12.4 Å². The van der Waals surface area contributed by atoms with Gasteiger partial charge in [-0.05, 0) is 37.6 Å². The van der Waals surface area contributed by atoms with Crippen LogP contribution in [0.5, 0.6) is 0 Å². The van der Waals surface area contributed by atoms with Crippen molar-refractivity contribution in [2.75, 3.05) is 33.2 Å². The lowest BCUT2D eigenvalue weighted by Gasteiger charge is -2.28. The zero-order valence-electron chi connectivity index (χ0n) is 11.5. The number of aromatic nitrogens is 1. The fourth-order valence-corrected chi connectivity index (χ4v) is 2.55. The summed E-state index contributed by atoms with van der Waals surface area (Å²) in [6.45, 7) is 2.71. The van der Waals surface area contributed by atoms with Crippen LogP contribution in [0.3, 0.4) is 0 Å². The fourth-order valence-electron chi connectivity index (χ4n) is 2.55. The topological polar surface area (TPSA) is 62.5 Å². The van der Waals surface area contributed by atoms with E-state index in [0.717, 1.165) is 31.5 Å². The highest BCUT2D eigenvalue weighted by Gasteiger charge is 2.22. The molecule has 0 saturated carbocycles. The Morgan fingerprint density at radius 1 is 1.42 bits per heavy atom. The maximum Gasteiger partial charge on any atom is 0.236 e. The first kappa shape index (κ1) is 14.0. The minimum atomic E-state index is 0.0644. The van der Waals surface area contributed by atoms with Gasteiger partial charge >= 0.3 is 0 Å². The largest absolute Gasteiger partial charge is 0.342 e. The maximum atomic E-state index is 12.1. The van der Waals surface area contributed by atoms with Crippen molar-refractivity contribution in [3.63, 3.8) is 0 Å². The van der Waals surface area contributed by atoms with E-state index in [4.69, 9.17) is 5.73 Å². The van der Waals surface area contributed by atoms with Gasteiger partial charge < -0.3 is 10.6 Å². The Morgan fingerprint density at radius 3 is 2.63 bits per heavy atom. The summed E-state index contributed by atoms with van der Waals surface area (Å²) in [6.07, 6.45) is 5.77. The van der Waals surface area contributed by atoms with Crippen LogP contribution < -0.4 is 5.73 Å². The van der Waals surface area contributed by atoms with Crippen LogP contribution in [0.25, 0.3) is 0 Å². The van der Waals surface area contributed by atoms with Gasteiger partial charge in [0.2, 0.25) is 5.91 Å². The van der Waals surface area contributed by atoms with Gasteiger partial charge in [-0.25, -0.2) is 0 Å². The molecule has 104 valence electrons. The third-order valence-corrected chi connectivity index (χ3v) is 3.69. The third-order valence-electron chi connectivity index (χ3n) is 3.69. The molecule has 5 nitrogen and oxygen atoms in total. The van der Waals surface area contributed by atoms with Crippen LogP contribution in [0.1, 0.15) is 24.4 Å². The van der Waals surface area contributed by atoms with Crippen molar-refractivity contribution in [3.05, 3.63) is 30.1 Å². The van der Waals surface area contributed by atoms with Crippen molar-refractivity contribution in [1.82, 2.24) is 14.8 Å². The highest BCUT2D eigenvalue weighted by molar-refractivity contribution is 5.78. The van der Waals surface area contributed by atoms with Crippen LogP contribution in [0.15, 0.2) is 24.5 Å². The molecule has 0 spiro atoms. The quantitative estimate of drug-likeness (QED) is 0.845. The van der Waals surface area contributed by atoms with E-state index in [2.05, 4.69) is 4.98 Å². The summed E-state index contributed by atoms with van der Waals surface area (Å²) in [5, 5.41) is 0. The number of nitrogens with zero attached hydrogens (tertiary/aromatic N) is 3. The van der Waals surface area contributed by atoms with Gasteiger partial charge in [0.1, 0.15) is 0 Å². The lowest BCUT2D eigenvalue weighted by molar-refractivity contribution is -0.131. The number of likely N-dealkylation sites (N-methyl/N-ethyl adjacent to an activating group) is 1. The molecule has 0 aliphatic carbocycles. The van der Waals surface area contributed by atoms with Gasteiger partial charge in [-0.2, -0.15) is 0 Å². The van der Waals surface area contributed by atoms with Crippen molar-refractivity contribution < 1.29 is 4.79 Å². The Kier molecular flexibility index (Phi) is 4.87. The molecule has 1 aromatic heterocycles. The molecule has 0 radical (unpaired) electrons. The first-order valence-electron chi connectivity index (χ1n) is 6.80. The van der Waals surface area contributed by atoms with E-state index >= 15 is 0 Å². The molecule has 19 heavy (non-hydrogen) atoms. The molecule has 1 saturated heterocycles. The molecule has 1 amide bonds. The standard InChI is InChI=1S/C14H22N4O/c1-17(11-14(19)18-8-2-3-9-18)13(10-15)12-4-6-16-7-5-12/h4-7,13H,2-3,8-11,15H2,1H3. The molecule has 1 aromatic rings. The Labute approximate surface area is 114 Å². The minimum absolute atomic E-state index is 0.0644. The summed E-state index contributed by atoms with van der Waals surface area (Å²) in [5.41, 5.74) is 6.95. The maximum absolute atomic E-state index is 12.1. The van der Waals surface area contributed by atoms with Crippen LogP contribution in [0.4, 0.5) is 0 Å². The van der Waals surface area contributed by atoms with Crippen LogP contribution in [-0.4, -0.2) is 53.9 Å². The number of carbonyl (C=O) groups is 1. The van der Waals surface area contributed by atoms with Crippen molar-refractivity contribution >= 4 is 5.91 Å². The lowest BCUT2D eigenvalue weighted by atomic mass is 10.1. The van der Waals surface area contributed by atoms with Gasteiger partial charge in [0.05, 0.1) is 6.54 Å². The molecule has 1 fully saturated rings. The van der Waals surface area contributed by atoms with Gasteiger partial charge in [0.25, 0.3) is 0 Å². The summed E-state index contributed by atoms with van der Waals surface area (Å²) < 4.78 is 0. The monoisotopic (exact) mass is 262 g/mol. The zero-order chi connectivity index (χ0) is 13.7. The van der Waals surface area contributed by atoms with E-state index in [0.29, 0.717) is 13.1 Å². The number of likely N-dealkylation sites (tertiary alicyclic amines) is 1. The van der Waals surface area contributed by atoms with Crippen LogP contribution in [0.2, 0.25) is 0 Å². The Bertz CT molecular complexity index is 403. The molecular weight excluding hydrogens is 240 g/mol. The number of carbonyl (C=O) groups excluding carboxylic acids is 1. The number of hydrogen-bond donors (Lipinski definition) is 1. The predicted octanol–water partition coefficient (Wildman–Crippen LogP) is 0.636. The zero-order valence-corrected chi connectivity index (χ0v) is 11.5. The molecule has 2 heterocycles. The fraction of sp³-hybridized carbons (Fsp3) is 0.571. The molecule has 0 aromatic carbocycles. The van der Waals surface area contributed by atoms with Crippen molar-refractivity contribution in [3.8, 4) is 0 Å². The van der Waals surface area contributed by atoms with E-state index in [-0.39, 0.29) is 11.9 Å². The normalized spacial score (nSPS) is 16.9. The molecule has 5 heteroatoms. The molecular formula is C14H22N4O. The first-order chi connectivity index (χ1) is 9.22. The second-order valence-electron chi connectivity index (χ2n) is 5.04. The van der Waals surface area contributed by atoms with Gasteiger partial charge in [-0.1, -0.05) is 0 Å². The average Bonchev–Trinajstić information content (AvgIpc) is 2.94. The average molecular weight is 262 g/mol. The Balaban J connectivity index is 1.97. The first-order valence-corrected chi connectivity index (χ1v) is 6.80. The number of amides is 1.